The number of aromatic nitrogens is 4. The second-order valence-corrected chi connectivity index (χ2v) is 6.24. The highest BCUT2D eigenvalue weighted by molar-refractivity contribution is 5.80. The molecule has 2 atom stereocenters. The van der Waals surface area contributed by atoms with Crippen molar-refractivity contribution in [2.75, 3.05) is 18.8 Å². The highest BCUT2D eigenvalue weighted by atomic mass is 15.2. The van der Waals surface area contributed by atoms with E-state index in [0.29, 0.717) is 17.4 Å². The van der Waals surface area contributed by atoms with Crippen LogP contribution in [0, 0.1) is 5.92 Å². The Balaban J connectivity index is 1.59. The maximum absolute atomic E-state index is 5.81. The van der Waals surface area contributed by atoms with Crippen molar-refractivity contribution in [1.29, 1.82) is 0 Å². The molecule has 6 nitrogen and oxygen atoms in total. The van der Waals surface area contributed by atoms with Gasteiger partial charge in [-0.05, 0) is 38.6 Å². The van der Waals surface area contributed by atoms with Gasteiger partial charge in [0.1, 0.15) is 11.8 Å². The van der Waals surface area contributed by atoms with Crippen molar-refractivity contribution < 1.29 is 0 Å². The first-order valence-electron chi connectivity index (χ1n) is 7.80. The summed E-state index contributed by atoms with van der Waals surface area (Å²) in [6, 6.07) is 0.700. The van der Waals surface area contributed by atoms with Crippen molar-refractivity contribution >= 4 is 17.0 Å². The molecule has 0 spiro atoms. The largest absolute Gasteiger partial charge is 0.382 e. The molecule has 2 aromatic heterocycles. The van der Waals surface area contributed by atoms with E-state index < -0.39 is 0 Å². The Bertz CT molecular complexity index is 607. The van der Waals surface area contributed by atoms with Gasteiger partial charge in [-0.2, -0.15) is 0 Å². The average molecular weight is 288 g/mol. The molecular formula is C15H24N6. The minimum absolute atomic E-state index is 0.456. The van der Waals surface area contributed by atoms with Gasteiger partial charge >= 0.3 is 0 Å². The van der Waals surface area contributed by atoms with Gasteiger partial charge in [-0.15, -0.1) is 0 Å². The van der Waals surface area contributed by atoms with E-state index >= 15 is 0 Å². The van der Waals surface area contributed by atoms with Crippen LogP contribution >= 0.6 is 0 Å². The first-order chi connectivity index (χ1) is 10.1. The zero-order valence-electron chi connectivity index (χ0n) is 12.9. The van der Waals surface area contributed by atoms with Gasteiger partial charge in [-0.25, -0.2) is 15.0 Å². The fourth-order valence-electron chi connectivity index (χ4n) is 3.29. The number of hydrogen-bond donors (Lipinski definition) is 1. The first-order valence-corrected chi connectivity index (χ1v) is 7.80. The van der Waals surface area contributed by atoms with Gasteiger partial charge in [0, 0.05) is 19.1 Å². The monoisotopic (exact) mass is 288 g/mol. The molecule has 0 aliphatic carbocycles. The second kappa shape index (κ2) is 5.97. The van der Waals surface area contributed by atoms with E-state index in [-0.39, 0.29) is 0 Å². The smallest absolute Gasteiger partial charge is 0.165 e. The Morgan fingerprint density at radius 2 is 2.10 bits per heavy atom. The topological polar surface area (TPSA) is 72.9 Å². The third kappa shape index (κ3) is 3.00. The van der Waals surface area contributed by atoms with Crippen molar-refractivity contribution in [1.82, 2.24) is 24.4 Å². The van der Waals surface area contributed by atoms with Crippen LogP contribution < -0.4 is 5.73 Å². The number of hydrogen-bond acceptors (Lipinski definition) is 5. The highest BCUT2D eigenvalue weighted by Gasteiger charge is 2.22. The number of anilines is 1. The summed E-state index contributed by atoms with van der Waals surface area (Å²) in [4.78, 5) is 15.2. The number of nitrogens with two attached hydrogens (primary N) is 1. The van der Waals surface area contributed by atoms with Crippen LogP contribution in [0.15, 0.2) is 12.7 Å². The number of nitrogens with zero attached hydrogens (tertiary/aromatic N) is 5. The van der Waals surface area contributed by atoms with Crippen LogP contribution in [0.25, 0.3) is 11.2 Å². The number of nitrogen functional groups attached to an aromatic ring is 1. The summed E-state index contributed by atoms with van der Waals surface area (Å²) < 4.78 is 2.07. The van der Waals surface area contributed by atoms with Crippen molar-refractivity contribution in [3.05, 3.63) is 12.7 Å². The average Bonchev–Trinajstić information content (AvgIpc) is 2.86. The Morgan fingerprint density at radius 3 is 2.90 bits per heavy atom. The molecule has 2 aromatic rings. The molecule has 0 bridgehead atoms. The SMILES string of the molecule is CC1CCN(CCCn2cnc3c(N)ncnc32)C(C)C1. The van der Waals surface area contributed by atoms with E-state index in [9.17, 15) is 0 Å². The summed E-state index contributed by atoms with van der Waals surface area (Å²) in [5.41, 5.74) is 7.35. The molecule has 1 saturated heterocycles. The van der Waals surface area contributed by atoms with Crippen LogP contribution in [0.4, 0.5) is 5.82 Å². The number of likely N-dealkylation sites (tertiary alicyclic amines) is 1. The summed E-state index contributed by atoms with van der Waals surface area (Å²) in [7, 11) is 0. The molecule has 1 fully saturated rings. The van der Waals surface area contributed by atoms with Crippen LogP contribution in [-0.2, 0) is 6.54 Å². The zero-order valence-corrected chi connectivity index (χ0v) is 12.9. The molecule has 0 radical (unpaired) electrons. The molecular weight excluding hydrogens is 264 g/mol. The Labute approximate surface area is 125 Å². The van der Waals surface area contributed by atoms with Gasteiger partial charge in [0.15, 0.2) is 11.5 Å². The molecule has 0 amide bonds. The number of imidazole rings is 1. The van der Waals surface area contributed by atoms with Crippen molar-refractivity contribution in [2.45, 2.75) is 45.7 Å². The minimum atomic E-state index is 0.456. The van der Waals surface area contributed by atoms with Gasteiger partial charge in [-0.1, -0.05) is 6.92 Å². The van der Waals surface area contributed by atoms with Crippen molar-refractivity contribution in [3.8, 4) is 0 Å². The van der Waals surface area contributed by atoms with Crippen LogP contribution in [0.5, 0.6) is 0 Å². The minimum Gasteiger partial charge on any atom is -0.382 e. The molecule has 2 unspecified atom stereocenters. The lowest BCUT2D eigenvalue weighted by atomic mass is 9.93. The Kier molecular flexibility index (Phi) is 4.05. The number of aryl methyl sites for hydroxylation is 1. The fourth-order valence-corrected chi connectivity index (χ4v) is 3.29. The van der Waals surface area contributed by atoms with Gasteiger partial charge in [-0.3, -0.25) is 0 Å². The zero-order chi connectivity index (χ0) is 14.8. The van der Waals surface area contributed by atoms with E-state index in [1.807, 2.05) is 6.33 Å². The summed E-state index contributed by atoms with van der Waals surface area (Å²) in [6.07, 6.45) is 7.06. The molecule has 1 aliphatic heterocycles. The van der Waals surface area contributed by atoms with Gasteiger partial charge < -0.3 is 15.2 Å². The predicted octanol–water partition coefficient (Wildman–Crippen LogP) is 1.92. The van der Waals surface area contributed by atoms with Crippen LogP contribution in [-0.4, -0.2) is 43.6 Å². The Hall–Kier alpha value is -1.69. The molecule has 3 rings (SSSR count). The van der Waals surface area contributed by atoms with Gasteiger partial charge in [0.2, 0.25) is 0 Å². The summed E-state index contributed by atoms with van der Waals surface area (Å²) in [6.45, 7) is 7.98. The summed E-state index contributed by atoms with van der Waals surface area (Å²) >= 11 is 0. The lowest BCUT2D eigenvalue weighted by Crippen LogP contribution is -2.40. The van der Waals surface area contributed by atoms with Gasteiger partial charge in [0.25, 0.3) is 0 Å². The maximum Gasteiger partial charge on any atom is 0.165 e. The van der Waals surface area contributed by atoms with Crippen LogP contribution in [0.2, 0.25) is 0 Å². The van der Waals surface area contributed by atoms with Crippen LogP contribution in [0.1, 0.15) is 33.1 Å². The number of piperidine rings is 1. The normalized spacial score (nSPS) is 23.7. The highest BCUT2D eigenvalue weighted by Crippen LogP contribution is 2.22. The van der Waals surface area contributed by atoms with E-state index in [1.54, 1.807) is 0 Å². The maximum atomic E-state index is 5.81. The Morgan fingerprint density at radius 1 is 1.24 bits per heavy atom. The molecule has 0 saturated carbocycles. The van der Waals surface area contributed by atoms with Crippen molar-refractivity contribution in [3.63, 3.8) is 0 Å². The standard InChI is InChI=1S/C15H24N6/c1-11-4-7-20(12(2)8-11)5-3-6-21-10-19-13-14(16)17-9-18-15(13)21/h9-12H,3-8H2,1-2H3,(H2,16,17,18). The lowest BCUT2D eigenvalue weighted by molar-refractivity contribution is 0.126. The predicted molar refractivity (Wildman–Crippen MR) is 83.8 cm³/mol. The quantitative estimate of drug-likeness (QED) is 0.930. The molecule has 2 N–H and O–H groups in total. The third-order valence-corrected chi connectivity index (χ3v) is 4.55. The van der Waals surface area contributed by atoms with E-state index in [4.69, 9.17) is 5.73 Å². The van der Waals surface area contributed by atoms with Crippen LogP contribution in [0.3, 0.4) is 0 Å². The van der Waals surface area contributed by atoms with Gasteiger partial charge in [0.05, 0.1) is 6.33 Å². The molecule has 6 heteroatoms. The third-order valence-electron chi connectivity index (χ3n) is 4.55. The number of rotatable bonds is 4. The number of fused-ring (bicyclic) bond motifs is 1. The van der Waals surface area contributed by atoms with E-state index in [0.717, 1.165) is 31.1 Å². The van der Waals surface area contributed by atoms with E-state index in [2.05, 4.69) is 38.3 Å². The summed E-state index contributed by atoms with van der Waals surface area (Å²) in [5.74, 6) is 1.32. The lowest BCUT2D eigenvalue weighted by Gasteiger charge is -2.36. The molecule has 0 aromatic carbocycles. The molecule has 1 aliphatic rings. The molecule has 21 heavy (non-hydrogen) atoms. The fraction of sp³-hybridized carbons (Fsp3) is 0.667. The van der Waals surface area contributed by atoms with E-state index in [1.165, 1.54) is 25.7 Å². The van der Waals surface area contributed by atoms with Crippen molar-refractivity contribution in [2.24, 2.45) is 5.92 Å². The second-order valence-electron chi connectivity index (χ2n) is 6.24. The molecule has 3 heterocycles. The first kappa shape index (κ1) is 14.3. The summed E-state index contributed by atoms with van der Waals surface area (Å²) in [5, 5.41) is 0. The molecule has 114 valence electrons.